The minimum Gasteiger partial charge on any atom is -0.465 e. The third-order valence-corrected chi connectivity index (χ3v) is 5.56. The van der Waals surface area contributed by atoms with E-state index >= 15 is 0 Å². The third kappa shape index (κ3) is 4.66. The van der Waals surface area contributed by atoms with Crippen LogP contribution < -0.4 is 0 Å². The van der Waals surface area contributed by atoms with Crippen LogP contribution in [-0.2, 0) is 9.47 Å². The van der Waals surface area contributed by atoms with Crippen LogP contribution in [-0.4, -0.2) is 13.2 Å². The van der Waals surface area contributed by atoms with Crippen LogP contribution in [0.1, 0.15) is 83.5 Å². The Morgan fingerprint density at radius 2 is 1.14 bits per heavy atom. The van der Waals surface area contributed by atoms with Gasteiger partial charge in [-0.3, -0.25) is 0 Å². The number of rotatable bonds is 4. The van der Waals surface area contributed by atoms with Crippen LogP contribution >= 0.6 is 0 Å². The summed E-state index contributed by atoms with van der Waals surface area (Å²) >= 11 is 0. The summed E-state index contributed by atoms with van der Waals surface area (Å²) < 4.78 is 11.8. The maximum atomic E-state index is 5.88. The first-order valence-corrected chi connectivity index (χ1v) is 9.39. The second kappa shape index (κ2) is 8.10. The molecule has 0 atom stereocenters. The molecule has 0 spiro atoms. The topological polar surface area (TPSA) is 18.5 Å². The lowest BCUT2D eigenvalue weighted by Crippen LogP contribution is -2.17. The first kappa shape index (κ1) is 15.2. The van der Waals surface area contributed by atoms with E-state index in [9.17, 15) is 0 Å². The van der Waals surface area contributed by atoms with Gasteiger partial charge in [0.2, 0.25) is 0 Å². The van der Waals surface area contributed by atoms with E-state index in [1.165, 1.54) is 82.6 Å². The molecule has 1 aliphatic heterocycles. The Kier molecular flexibility index (Phi) is 5.88. The van der Waals surface area contributed by atoms with E-state index in [1.54, 1.807) is 0 Å². The van der Waals surface area contributed by atoms with Crippen LogP contribution in [0.4, 0.5) is 0 Å². The molecule has 0 aromatic heterocycles. The molecule has 0 N–H and O–H groups in total. The molecular formula is C19H32O2. The van der Waals surface area contributed by atoms with Crippen molar-refractivity contribution >= 4 is 0 Å². The molecule has 2 heteroatoms. The molecule has 1 saturated heterocycles. The monoisotopic (exact) mass is 292 g/mol. The quantitative estimate of drug-likeness (QED) is 0.674. The Labute approximate surface area is 130 Å². The van der Waals surface area contributed by atoms with E-state index in [0.29, 0.717) is 0 Å². The molecule has 0 amide bonds. The molecule has 2 aliphatic carbocycles. The van der Waals surface area contributed by atoms with Gasteiger partial charge in [0.1, 0.15) is 0 Å². The van der Waals surface area contributed by atoms with Crippen LogP contribution in [0.25, 0.3) is 0 Å². The normalized spacial score (nSPS) is 25.2. The Morgan fingerprint density at radius 3 is 1.62 bits per heavy atom. The summed E-state index contributed by atoms with van der Waals surface area (Å²) in [6, 6.07) is 0. The van der Waals surface area contributed by atoms with Gasteiger partial charge in [0.15, 0.2) is 0 Å². The fourth-order valence-corrected chi connectivity index (χ4v) is 4.36. The molecule has 2 nitrogen and oxygen atoms in total. The fraction of sp³-hybridized carbons (Fsp3) is 0.895. The molecule has 3 fully saturated rings. The lowest BCUT2D eigenvalue weighted by molar-refractivity contribution is -0.0196. The largest absolute Gasteiger partial charge is 0.465 e. The van der Waals surface area contributed by atoms with Crippen LogP contribution in [0.15, 0.2) is 11.5 Å². The molecule has 3 aliphatic rings. The van der Waals surface area contributed by atoms with Gasteiger partial charge in [0, 0.05) is 12.0 Å². The second-order valence-electron chi connectivity index (χ2n) is 7.36. The molecular weight excluding hydrogens is 260 g/mol. The average Bonchev–Trinajstić information content (AvgIpc) is 2.57. The first-order valence-electron chi connectivity index (χ1n) is 9.39. The van der Waals surface area contributed by atoms with Crippen LogP contribution in [0.2, 0.25) is 0 Å². The lowest BCUT2D eigenvalue weighted by Gasteiger charge is -2.29. The maximum Gasteiger partial charge on any atom is 0.278 e. The fourth-order valence-electron chi connectivity index (χ4n) is 4.36. The highest BCUT2D eigenvalue weighted by Crippen LogP contribution is 2.36. The van der Waals surface area contributed by atoms with Gasteiger partial charge < -0.3 is 9.47 Å². The smallest absolute Gasteiger partial charge is 0.278 e. The van der Waals surface area contributed by atoms with Crippen molar-refractivity contribution in [1.82, 2.24) is 0 Å². The summed E-state index contributed by atoms with van der Waals surface area (Å²) in [6.07, 6.45) is 17.8. The molecule has 0 aromatic carbocycles. The van der Waals surface area contributed by atoms with Gasteiger partial charge in [-0.1, -0.05) is 64.2 Å². The Hall–Kier alpha value is -0.660. The predicted molar refractivity (Wildman–Crippen MR) is 85.9 cm³/mol. The molecule has 21 heavy (non-hydrogen) atoms. The summed E-state index contributed by atoms with van der Waals surface area (Å²) in [5.74, 6) is 2.70. The van der Waals surface area contributed by atoms with E-state index in [4.69, 9.17) is 9.47 Å². The molecule has 1 heterocycles. The highest BCUT2D eigenvalue weighted by Gasteiger charge is 2.24. The zero-order valence-corrected chi connectivity index (χ0v) is 13.6. The summed E-state index contributed by atoms with van der Waals surface area (Å²) in [4.78, 5) is 0. The van der Waals surface area contributed by atoms with E-state index in [1.807, 2.05) is 0 Å². The summed E-state index contributed by atoms with van der Waals surface area (Å²) in [5.41, 5.74) is 1.52. The van der Waals surface area contributed by atoms with Crippen molar-refractivity contribution in [2.75, 3.05) is 13.2 Å². The zero-order chi connectivity index (χ0) is 14.3. The van der Waals surface area contributed by atoms with Gasteiger partial charge in [0.25, 0.3) is 5.95 Å². The van der Waals surface area contributed by atoms with Crippen molar-refractivity contribution in [3.8, 4) is 0 Å². The number of hydrogen-bond acceptors (Lipinski definition) is 2. The number of ether oxygens (including phenoxy) is 2. The first-order chi connectivity index (χ1) is 10.4. The molecule has 3 rings (SSSR count). The van der Waals surface area contributed by atoms with Crippen molar-refractivity contribution < 1.29 is 9.47 Å². The lowest BCUT2D eigenvalue weighted by atomic mass is 9.80. The summed E-state index contributed by atoms with van der Waals surface area (Å²) in [7, 11) is 0. The van der Waals surface area contributed by atoms with Gasteiger partial charge in [-0.2, -0.15) is 0 Å². The third-order valence-electron chi connectivity index (χ3n) is 5.56. The molecule has 0 bridgehead atoms. The van der Waals surface area contributed by atoms with Crippen molar-refractivity contribution in [2.24, 2.45) is 11.8 Å². The highest BCUT2D eigenvalue weighted by atomic mass is 16.7. The van der Waals surface area contributed by atoms with Gasteiger partial charge in [-0.05, 0) is 24.7 Å². The molecule has 2 saturated carbocycles. The van der Waals surface area contributed by atoms with E-state index in [-0.39, 0.29) is 0 Å². The van der Waals surface area contributed by atoms with E-state index in [2.05, 4.69) is 0 Å². The van der Waals surface area contributed by atoms with Gasteiger partial charge >= 0.3 is 0 Å². The van der Waals surface area contributed by atoms with Crippen molar-refractivity contribution in [3.05, 3.63) is 11.5 Å². The van der Waals surface area contributed by atoms with E-state index < -0.39 is 0 Å². The number of allylic oxidation sites excluding steroid dienone is 1. The summed E-state index contributed by atoms with van der Waals surface area (Å²) in [5, 5.41) is 0. The van der Waals surface area contributed by atoms with Crippen molar-refractivity contribution in [3.63, 3.8) is 0 Å². The standard InChI is InChI=1S/C19H32O2/c1-3-8-16(9-4-1)14-18(19-20-12-7-13-21-19)15-17-10-5-2-6-11-17/h16-17H,1-15H2. The Morgan fingerprint density at radius 1 is 0.667 bits per heavy atom. The van der Waals surface area contributed by atoms with E-state index in [0.717, 1.165) is 37.4 Å². The molecule has 0 aromatic rings. The predicted octanol–water partition coefficient (Wildman–Crippen LogP) is 5.58. The SMILES string of the molecule is C1CCC(CC(CC2CCCCC2)=C2OCCCO2)CC1. The molecule has 0 unspecified atom stereocenters. The van der Waals surface area contributed by atoms with Crippen LogP contribution in [0, 0.1) is 11.8 Å². The molecule has 0 radical (unpaired) electrons. The minimum absolute atomic E-state index is 0.855. The van der Waals surface area contributed by atoms with Gasteiger partial charge in [-0.15, -0.1) is 0 Å². The summed E-state index contributed by atoms with van der Waals surface area (Å²) in [6.45, 7) is 1.71. The Bertz CT molecular complexity index is 305. The highest BCUT2D eigenvalue weighted by molar-refractivity contribution is 5.07. The number of hydrogen-bond donors (Lipinski definition) is 0. The second-order valence-corrected chi connectivity index (χ2v) is 7.36. The molecule has 120 valence electrons. The Balaban J connectivity index is 1.64. The van der Waals surface area contributed by atoms with Crippen molar-refractivity contribution in [2.45, 2.75) is 83.5 Å². The van der Waals surface area contributed by atoms with Crippen LogP contribution in [0.3, 0.4) is 0 Å². The minimum atomic E-state index is 0.855. The zero-order valence-electron chi connectivity index (χ0n) is 13.6. The van der Waals surface area contributed by atoms with Gasteiger partial charge in [0.05, 0.1) is 13.2 Å². The maximum absolute atomic E-state index is 5.88. The van der Waals surface area contributed by atoms with Gasteiger partial charge in [-0.25, -0.2) is 0 Å². The van der Waals surface area contributed by atoms with Crippen molar-refractivity contribution in [1.29, 1.82) is 0 Å². The van der Waals surface area contributed by atoms with Crippen LogP contribution in [0.5, 0.6) is 0 Å². The average molecular weight is 292 g/mol.